The number of nitrogens with zero attached hydrogens (tertiary/aromatic N) is 2. The molecule has 0 saturated heterocycles. The molecule has 3 heterocycles. The van der Waals surface area contributed by atoms with E-state index in [1.165, 1.54) is 18.4 Å². The summed E-state index contributed by atoms with van der Waals surface area (Å²) in [5, 5.41) is 23.0. The molecule has 0 fully saturated rings. The summed E-state index contributed by atoms with van der Waals surface area (Å²) in [4.78, 5) is 17.0. The van der Waals surface area contributed by atoms with Gasteiger partial charge in [-0.1, -0.05) is 18.7 Å². The number of nitrogens with one attached hydrogen (secondary N) is 2. The number of hydrogen-bond donors (Lipinski definition) is 3. The van der Waals surface area contributed by atoms with Crippen molar-refractivity contribution in [2.45, 2.75) is 31.7 Å². The summed E-state index contributed by atoms with van der Waals surface area (Å²) < 4.78 is 56.3. The number of pyridine rings is 1. The van der Waals surface area contributed by atoms with Crippen molar-refractivity contribution in [2.24, 2.45) is 0 Å². The second-order valence-electron chi connectivity index (χ2n) is 10.7. The number of hydrogen-bond acceptors (Lipinski definition) is 7. The summed E-state index contributed by atoms with van der Waals surface area (Å²) in [6.45, 7) is 5.49. The summed E-state index contributed by atoms with van der Waals surface area (Å²) in [5.74, 6) is -2.06. The van der Waals surface area contributed by atoms with E-state index in [4.69, 9.17) is 14.5 Å². The molecule has 5 aromatic rings. The van der Waals surface area contributed by atoms with Crippen molar-refractivity contribution in [1.29, 1.82) is 0 Å². The van der Waals surface area contributed by atoms with Crippen LogP contribution < -0.4 is 10.1 Å². The first-order valence-corrected chi connectivity index (χ1v) is 15.0. The van der Waals surface area contributed by atoms with Crippen LogP contribution in [0.25, 0.3) is 43.9 Å². The minimum absolute atomic E-state index is 0.00362. The first-order chi connectivity index (χ1) is 21.7. The Balaban J connectivity index is 1.59. The predicted molar refractivity (Wildman–Crippen MR) is 166 cm³/mol. The third kappa shape index (κ3) is 5.72. The molecule has 1 aliphatic carbocycles. The van der Waals surface area contributed by atoms with Crippen LogP contribution in [0.4, 0.5) is 13.2 Å². The van der Waals surface area contributed by atoms with Crippen LogP contribution in [0.1, 0.15) is 35.9 Å². The molecule has 0 aliphatic heterocycles. The molecule has 2 aromatic carbocycles. The normalized spacial score (nSPS) is 16.5. The Kier molecular flexibility index (Phi) is 8.45. The highest BCUT2D eigenvalue weighted by Crippen LogP contribution is 2.47. The summed E-state index contributed by atoms with van der Waals surface area (Å²) in [5.41, 5.74) is 3.92. The van der Waals surface area contributed by atoms with Gasteiger partial charge in [0.25, 0.3) is 0 Å². The monoisotopic (exact) mass is 634 g/mol. The van der Waals surface area contributed by atoms with Gasteiger partial charge in [0, 0.05) is 46.9 Å². The molecule has 45 heavy (non-hydrogen) atoms. The van der Waals surface area contributed by atoms with Gasteiger partial charge >= 0.3 is 0 Å². The minimum atomic E-state index is -1.40. The highest BCUT2D eigenvalue weighted by atomic mass is 32.1. The van der Waals surface area contributed by atoms with Crippen LogP contribution in [0.2, 0.25) is 0 Å². The first kappa shape index (κ1) is 30.5. The smallest absolute Gasteiger partial charge is 0.243 e. The van der Waals surface area contributed by atoms with Crippen LogP contribution in [0.15, 0.2) is 60.5 Å². The lowest BCUT2D eigenvalue weighted by molar-refractivity contribution is -0.117. The SMILES string of the molecule is C=CC(=O)N[C@H](C)c1cc(-c2nc(-c3ccc4c(c3)C[C@H](F)[C@@H]4O)c3ccsc3c2-c2c(F)cc(F)cc2OCCOC)n[nH]1. The number of ether oxygens (including phenoxy) is 2. The topological polar surface area (TPSA) is 109 Å². The number of aromatic amines is 1. The number of benzene rings is 2. The quantitative estimate of drug-likeness (QED) is 0.118. The van der Waals surface area contributed by atoms with Crippen molar-refractivity contribution in [1.82, 2.24) is 20.5 Å². The van der Waals surface area contributed by atoms with Crippen molar-refractivity contribution in [3.8, 4) is 39.5 Å². The van der Waals surface area contributed by atoms with Gasteiger partial charge in [0.1, 0.15) is 47.7 Å². The van der Waals surface area contributed by atoms with Crippen molar-refractivity contribution in [2.75, 3.05) is 20.3 Å². The van der Waals surface area contributed by atoms with Crippen LogP contribution >= 0.6 is 11.3 Å². The van der Waals surface area contributed by atoms with Gasteiger partial charge in [0.2, 0.25) is 5.91 Å². The number of aliphatic hydroxyl groups excluding tert-OH is 1. The van der Waals surface area contributed by atoms with E-state index >= 15 is 4.39 Å². The molecular weight excluding hydrogens is 605 g/mol. The van der Waals surface area contributed by atoms with Crippen molar-refractivity contribution >= 4 is 27.3 Å². The summed E-state index contributed by atoms with van der Waals surface area (Å²) in [7, 11) is 1.49. The number of thiophene rings is 1. The zero-order valence-corrected chi connectivity index (χ0v) is 25.2. The van der Waals surface area contributed by atoms with Gasteiger partial charge in [-0.3, -0.25) is 9.89 Å². The predicted octanol–water partition coefficient (Wildman–Crippen LogP) is 6.61. The van der Waals surface area contributed by atoms with Gasteiger partial charge in [-0.2, -0.15) is 5.10 Å². The highest BCUT2D eigenvalue weighted by Gasteiger charge is 2.32. The third-order valence-corrected chi connectivity index (χ3v) is 8.70. The molecule has 6 rings (SSSR count). The molecule has 3 atom stereocenters. The Hall–Kier alpha value is -4.52. The average molecular weight is 635 g/mol. The Morgan fingerprint density at radius 1 is 1.20 bits per heavy atom. The summed E-state index contributed by atoms with van der Waals surface area (Å²) in [6.07, 6.45) is -1.35. The molecular formula is C33H29F3N4O4S. The number of halogens is 3. The fourth-order valence-corrected chi connectivity index (χ4v) is 6.52. The van der Waals surface area contributed by atoms with Gasteiger partial charge < -0.3 is 19.9 Å². The number of carbonyl (C=O) groups is 1. The first-order valence-electron chi connectivity index (χ1n) is 14.2. The maximum absolute atomic E-state index is 15.9. The number of aliphatic hydroxyl groups is 1. The fraction of sp³-hybridized carbons (Fsp3) is 0.242. The molecule has 0 radical (unpaired) electrons. The average Bonchev–Trinajstić information content (AvgIpc) is 3.76. The van der Waals surface area contributed by atoms with Crippen LogP contribution in [0.3, 0.4) is 0 Å². The molecule has 3 aromatic heterocycles. The highest BCUT2D eigenvalue weighted by molar-refractivity contribution is 7.18. The molecule has 0 saturated carbocycles. The molecule has 0 spiro atoms. The lowest BCUT2D eigenvalue weighted by Crippen LogP contribution is -2.24. The Bertz CT molecular complexity index is 1920. The van der Waals surface area contributed by atoms with Crippen LogP contribution in [0.5, 0.6) is 5.75 Å². The van der Waals surface area contributed by atoms with E-state index < -0.39 is 30.0 Å². The molecule has 8 nitrogen and oxygen atoms in total. The molecule has 0 unspecified atom stereocenters. The molecule has 1 amide bonds. The Morgan fingerprint density at radius 3 is 2.80 bits per heavy atom. The van der Waals surface area contributed by atoms with E-state index in [9.17, 15) is 18.7 Å². The van der Waals surface area contributed by atoms with Gasteiger partial charge in [-0.15, -0.1) is 11.3 Å². The largest absolute Gasteiger partial charge is 0.490 e. The minimum Gasteiger partial charge on any atom is -0.490 e. The van der Waals surface area contributed by atoms with Crippen LogP contribution in [-0.4, -0.2) is 52.7 Å². The summed E-state index contributed by atoms with van der Waals surface area (Å²) in [6, 6.07) is 10.3. The van der Waals surface area contributed by atoms with E-state index in [0.29, 0.717) is 49.4 Å². The number of amides is 1. The van der Waals surface area contributed by atoms with E-state index in [-0.39, 0.29) is 42.5 Å². The number of H-pyrrole nitrogens is 1. The van der Waals surface area contributed by atoms with Crippen LogP contribution in [0, 0.1) is 11.6 Å². The zero-order chi connectivity index (χ0) is 31.8. The van der Waals surface area contributed by atoms with Crippen molar-refractivity contribution in [3.05, 3.63) is 89.0 Å². The second kappa shape index (κ2) is 12.5. The van der Waals surface area contributed by atoms with Gasteiger partial charge in [-0.05, 0) is 47.7 Å². The molecule has 0 bridgehead atoms. The maximum Gasteiger partial charge on any atom is 0.243 e. The van der Waals surface area contributed by atoms with Gasteiger partial charge in [0.05, 0.1) is 29.6 Å². The fourth-order valence-electron chi connectivity index (χ4n) is 5.57. The molecule has 1 aliphatic rings. The summed E-state index contributed by atoms with van der Waals surface area (Å²) >= 11 is 1.34. The number of carbonyl (C=O) groups excluding carboxylic acids is 1. The Morgan fingerprint density at radius 2 is 2.02 bits per heavy atom. The van der Waals surface area contributed by atoms with Crippen LogP contribution in [-0.2, 0) is 16.0 Å². The van der Waals surface area contributed by atoms with Gasteiger partial charge in [-0.25, -0.2) is 18.2 Å². The zero-order valence-electron chi connectivity index (χ0n) is 24.4. The van der Waals surface area contributed by atoms with E-state index in [2.05, 4.69) is 22.1 Å². The number of aromatic nitrogens is 3. The van der Waals surface area contributed by atoms with E-state index in [0.717, 1.165) is 18.2 Å². The second-order valence-corrected chi connectivity index (χ2v) is 11.6. The number of alkyl halides is 1. The lowest BCUT2D eigenvalue weighted by atomic mass is 9.95. The van der Waals surface area contributed by atoms with E-state index in [1.807, 2.05) is 17.5 Å². The van der Waals surface area contributed by atoms with Crippen molar-refractivity contribution in [3.63, 3.8) is 0 Å². The molecule has 3 N–H and O–H groups in total. The lowest BCUT2D eigenvalue weighted by Gasteiger charge is -2.17. The third-order valence-electron chi connectivity index (χ3n) is 7.77. The van der Waals surface area contributed by atoms with Gasteiger partial charge in [0.15, 0.2) is 0 Å². The number of fused-ring (bicyclic) bond motifs is 2. The van der Waals surface area contributed by atoms with Crippen molar-refractivity contribution < 1.29 is 32.5 Å². The number of methoxy groups -OCH3 is 1. The standard InChI is InChI=1S/C33H29F3N4O4S/c1-4-27(41)37-16(2)24-15-25(40-39-24)31-29(28-22(35)13-19(34)14-26(28)44-9-8-43-3)33-21(7-10-45-33)30(38-31)17-5-6-20-18(11-17)12-23(36)32(20)42/h4-7,10-11,13-16,23,32,42H,1,8-9,12H2,2-3H3,(H,37,41)(H,39,40)/t16-,23+,32-/m1/s1. The molecule has 232 valence electrons. The Labute approximate surface area is 260 Å². The molecule has 12 heteroatoms. The maximum atomic E-state index is 15.9. The van der Waals surface area contributed by atoms with E-state index in [1.54, 1.807) is 25.1 Å². The number of rotatable bonds is 10.